The molecule has 3 heteroatoms. The fraction of sp³-hybridized carbons (Fsp3) is 0.545. The smallest absolute Gasteiger partial charge is 0.0483 e. The van der Waals surface area contributed by atoms with Crippen LogP contribution in [0.2, 0.25) is 0 Å². The van der Waals surface area contributed by atoms with E-state index in [1.165, 1.54) is 5.56 Å². The van der Waals surface area contributed by atoms with Gasteiger partial charge in [0.2, 0.25) is 0 Å². The molecule has 2 rings (SSSR count). The first-order valence-corrected chi connectivity index (χ1v) is 5.04. The Labute approximate surface area is 84.3 Å². The van der Waals surface area contributed by atoms with Gasteiger partial charge < -0.3 is 10.5 Å². The van der Waals surface area contributed by atoms with Crippen molar-refractivity contribution >= 4 is 0 Å². The third-order valence-electron chi connectivity index (χ3n) is 2.79. The number of hydrogen-bond donors (Lipinski definition) is 1. The topological polar surface area (TPSA) is 48.1 Å². The van der Waals surface area contributed by atoms with Crippen molar-refractivity contribution < 1.29 is 4.74 Å². The predicted molar refractivity (Wildman–Crippen MR) is 54.9 cm³/mol. The minimum Gasteiger partial charge on any atom is -0.381 e. The van der Waals surface area contributed by atoms with Gasteiger partial charge in [0, 0.05) is 31.1 Å². The molecule has 2 N–H and O–H groups in total. The Morgan fingerprint density at radius 3 is 2.57 bits per heavy atom. The van der Waals surface area contributed by atoms with Gasteiger partial charge in [-0.3, -0.25) is 4.98 Å². The molecule has 1 aliphatic heterocycles. The summed E-state index contributed by atoms with van der Waals surface area (Å²) in [5.74, 6) is 0. The molecule has 0 atom stereocenters. The Hall–Kier alpha value is -0.930. The molecule has 0 radical (unpaired) electrons. The van der Waals surface area contributed by atoms with Crippen molar-refractivity contribution in [2.75, 3.05) is 13.2 Å². The molecule has 14 heavy (non-hydrogen) atoms. The van der Waals surface area contributed by atoms with Crippen LogP contribution in [0.4, 0.5) is 0 Å². The van der Waals surface area contributed by atoms with Crippen LogP contribution < -0.4 is 5.73 Å². The van der Waals surface area contributed by atoms with Crippen LogP contribution in [-0.4, -0.2) is 23.7 Å². The van der Waals surface area contributed by atoms with Crippen LogP contribution in [-0.2, 0) is 11.2 Å². The van der Waals surface area contributed by atoms with Gasteiger partial charge in [0.05, 0.1) is 0 Å². The Balaban J connectivity index is 2.02. The average Bonchev–Trinajstić information content (AvgIpc) is 2.19. The summed E-state index contributed by atoms with van der Waals surface area (Å²) >= 11 is 0. The van der Waals surface area contributed by atoms with E-state index in [-0.39, 0.29) is 5.54 Å². The van der Waals surface area contributed by atoms with Crippen molar-refractivity contribution in [3.63, 3.8) is 0 Å². The third kappa shape index (κ3) is 2.30. The van der Waals surface area contributed by atoms with Crippen LogP contribution >= 0.6 is 0 Å². The second kappa shape index (κ2) is 4.07. The fourth-order valence-corrected chi connectivity index (χ4v) is 1.86. The highest BCUT2D eigenvalue weighted by molar-refractivity contribution is 5.14. The molecular formula is C11H16N2O. The first-order chi connectivity index (χ1) is 6.79. The molecule has 76 valence electrons. The number of nitrogens with two attached hydrogens (primary N) is 1. The fourth-order valence-electron chi connectivity index (χ4n) is 1.86. The molecule has 3 nitrogen and oxygen atoms in total. The first-order valence-electron chi connectivity index (χ1n) is 5.04. The zero-order chi connectivity index (χ0) is 9.86. The maximum absolute atomic E-state index is 6.29. The molecule has 0 bridgehead atoms. The number of nitrogens with zero attached hydrogens (tertiary/aromatic N) is 1. The van der Waals surface area contributed by atoms with E-state index in [0.717, 1.165) is 32.5 Å². The van der Waals surface area contributed by atoms with Crippen LogP contribution in [0, 0.1) is 0 Å². The lowest BCUT2D eigenvalue weighted by Crippen LogP contribution is -2.46. The summed E-state index contributed by atoms with van der Waals surface area (Å²) in [6, 6.07) is 4.06. The zero-order valence-electron chi connectivity index (χ0n) is 8.28. The molecule has 1 aromatic rings. The Bertz CT molecular complexity index is 281. The van der Waals surface area contributed by atoms with Crippen molar-refractivity contribution in [2.45, 2.75) is 24.8 Å². The van der Waals surface area contributed by atoms with Gasteiger partial charge in [-0.05, 0) is 37.0 Å². The molecule has 1 aliphatic rings. The summed E-state index contributed by atoms with van der Waals surface area (Å²) in [4.78, 5) is 4.00. The number of hydrogen-bond acceptors (Lipinski definition) is 3. The van der Waals surface area contributed by atoms with Crippen molar-refractivity contribution in [3.8, 4) is 0 Å². The Kier molecular flexibility index (Phi) is 2.79. The van der Waals surface area contributed by atoms with Crippen LogP contribution in [0.3, 0.4) is 0 Å². The summed E-state index contributed by atoms with van der Waals surface area (Å²) in [7, 11) is 0. The van der Waals surface area contributed by atoms with E-state index in [4.69, 9.17) is 10.5 Å². The second-order valence-corrected chi connectivity index (χ2v) is 4.01. The van der Waals surface area contributed by atoms with Gasteiger partial charge in [0.25, 0.3) is 0 Å². The largest absolute Gasteiger partial charge is 0.381 e. The Morgan fingerprint density at radius 2 is 1.93 bits per heavy atom. The lowest BCUT2D eigenvalue weighted by molar-refractivity contribution is 0.0533. The van der Waals surface area contributed by atoms with E-state index in [1.54, 1.807) is 0 Å². The highest BCUT2D eigenvalue weighted by Gasteiger charge is 2.27. The number of pyridine rings is 1. The summed E-state index contributed by atoms with van der Waals surface area (Å²) in [6.07, 6.45) is 6.47. The number of aromatic nitrogens is 1. The SMILES string of the molecule is NC1(Cc2ccncc2)CCOCC1. The van der Waals surface area contributed by atoms with Crippen molar-refractivity contribution in [1.29, 1.82) is 0 Å². The summed E-state index contributed by atoms with van der Waals surface area (Å²) in [5.41, 5.74) is 7.49. The van der Waals surface area contributed by atoms with Crippen molar-refractivity contribution in [1.82, 2.24) is 4.98 Å². The van der Waals surface area contributed by atoms with Gasteiger partial charge in [0.15, 0.2) is 0 Å². The standard InChI is InChI=1S/C11H16N2O/c12-11(3-7-14-8-4-11)9-10-1-5-13-6-2-10/h1-2,5-6H,3-4,7-9,12H2. The minimum absolute atomic E-state index is 0.0698. The van der Waals surface area contributed by atoms with Crippen molar-refractivity contribution in [3.05, 3.63) is 30.1 Å². The van der Waals surface area contributed by atoms with E-state index < -0.39 is 0 Å². The Morgan fingerprint density at radius 1 is 1.29 bits per heavy atom. The monoisotopic (exact) mass is 192 g/mol. The quantitative estimate of drug-likeness (QED) is 0.764. The number of ether oxygens (including phenoxy) is 1. The normalized spacial score (nSPS) is 20.6. The molecule has 0 spiro atoms. The lowest BCUT2D eigenvalue weighted by atomic mass is 9.85. The van der Waals surface area contributed by atoms with E-state index in [1.807, 2.05) is 24.5 Å². The molecular weight excluding hydrogens is 176 g/mol. The third-order valence-corrected chi connectivity index (χ3v) is 2.79. The van der Waals surface area contributed by atoms with E-state index in [9.17, 15) is 0 Å². The van der Waals surface area contributed by atoms with E-state index in [2.05, 4.69) is 4.98 Å². The van der Waals surface area contributed by atoms with Crippen LogP contribution in [0.1, 0.15) is 18.4 Å². The van der Waals surface area contributed by atoms with Crippen molar-refractivity contribution in [2.24, 2.45) is 5.73 Å². The second-order valence-electron chi connectivity index (χ2n) is 4.01. The van der Waals surface area contributed by atoms with E-state index in [0.29, 0.717) is 0 Å². The lowest BCUT2D eigenvalue weighted by Gasteiger charge is -2.33. The molecule has 0 amide bonds. The molecule has 0 unspecified atom stereocenters. The first kappa shape index (κ1) is 9.62. The maximum Gasteiger partial charge on any atom is 0.0483 e. The summed E-state index contributed by atoms with van der Waals surface area (Å²) < 4.78 is 5.31. The van der Waals surface area contributed by atoms with Gasteiger partial charge in [0.1, 0.15) is 0 Å². The summed E-state index contributed by atoms with van der Waals surface area (Å²) in [5, 5.41) is 0. The maximum atomic E-state index is 6.29. The highest BCUT2D eigenvalue weighted by atomic mass is 16.5. The van der Waals surface area contributed by atoms with Gasteiger partial charge in [-0.1, -0.05) is 0 Å². The van der Waals surface area contributed by atoms with Gasteiger partial charge >= 0.3 is 0 Å². The minimum atomic E-state index is -0.0698. The molecule has 1 saturated heterocycles. The van der Waals surface area contributed by atoms with Gasteiger partial charge in [-0.25, -0.2) is 0 Å². The van der Waals surface area contributed by atoms with Gasteiger partial charge in [-0.15, -0.1) is 0 Å². The molecule has 1 fully saturated rings. The zero-order valence-corrected chi connectivity index (χ0v) is 8.28. The molecule has 0 saturated carbocycles. The highest BCUT2D eigenvalue weighted by Crippen LogP contribution is 2.22. The average molecular weight is 192 g/mol. The van der Waals surface area contributed by atoms with Crippen LogP contribution in [0.15, 0.2) is 24.5 Å². The molecule has 0 aromatic carbocycles. The summed E-state index contributed by atoms with van der Waals surface area (Å²) in [6.45, 7) is 1.59. The number of rotatable bonds is 2. The molecule has 0 aliphatic carbocycles. The molecule has 2 heterocycles. The predicted octanol–water partition coefficient (Wildman–Crippen LogP) is 1.13. The van der Waals surface area contributed by atoms with Crippen LogP contribution in [0.5, 0.6) is 0 Å². The van der Waals surface area contributed by atoms with Gasteiger partial charge in [-0.2, -0.15) is 0 Å². The van der Waals surface area contributed by atoms with E-state index >= 15 is 0 Å². The molecule has 1 aromatic heterocycles. The van der Waals surface area contributed by atoms with Crippen LogP contribution in [0.25, 0.3) is 0 Å².